The van der Waals surface area contributed by atoms with Gasteiger partial charge in [-0.2, -0.15) is 0 Å². The summed E-state index contributed by atoms with van der Waals surface area (Å²) < 4.78 is 5.32. The van der Waals surface area contributed by atoms with Gasteiger partial charge in [-0.15, -0.1) is 0 Å². The maximum absolute atomic E-state index is 12.1. The van der Waals surface area contributed by atoms with Gasteiger partial charge in [0.15, 0.2) is 11.6 Å². The van der Waals surface area contributed by atoms with E-state index in [0.717, 1.165) is 17.6 Å². The number of nitrogens with zero attached hydrogens (tertiary/aromatic N) is 2. The third-order valence-electron chi connectivity index (χ3n) is 3.34. The highest BCUT2D eigenvalue weighted by molar-refractivity contribution is 5.97. The molecular formula is C16H18N4O2. The van der Waals surface area contributed by atoms with E-state index in [9.17, 15) is 4.79 Å². The molecule has 0 bridgehead atoms. The number of H-pyrrole nitrogens is 1. The Morgan fingerprint density at radius 1 is 1.36 bits per heavy atom. The highest BCUT2D eigenvalue weighted by Crippen LogP contribution is 2.21. The molecule has 1 aromatic carbocycles. The van der Waals surface area contributed by atoms with Crippen molar-refractivity contribution in [3.8, 4) is 11.6 Å². The van der Waals surface area contributed by atoms with E-state index >= 15 is 0 Å². The Bertz CT molecular complexity index is 775. The fourth-order valence-electron chi connectivity index (χ4n) is 2.18. The molecule has 0 unspecified atom stereocenters. The third-order valence-corrected chi connectivity index (χ3v) is 3.34. The van der Waals surface area contributed by atoms with Gasteiger partial charge in [0.2, 0.25) is 0 Å². The smallest absolute Gasteiger partial charge is 0.251 e. The summed E-state index contributed by atoms with van der Waals surface area (Å²) in [6.45, 7) is 1.42. The van der Waals surface area contributed by atoms with Crippen molar-refractivity contribution in [1.29, 1.82) is 0 Å². The zero-order valence-corrected chi connectivity index (χ0v) is 12.6. The van der Waals surface area contributed by atoms with Crippen molar-refractivity contribution in [3.05, 3.63) is 42.2 Å². The molecule has 2 N–H and O–H groups in total. The van der Waals surface area contributed by atoms with E-state index in [1.807, 2.05) is 37.2 Å². The monoisotopic (exact) mass is 298 g/mol. The molecule has 2 aromatic heterocycles. The minimum Gasteiger partial charge on any atom is -0.461 e. The molecule has 6 nitrogen and oxygen atoms in total. The Morgan fingerprint density at radius 3 is 2.95 bits per heavy atom. The molecule has 1 amide bonds. The van der Waals surface area contributed by atoms with Gasteiger partial charge in [-0.1, -0.05) is 0 Å². The Balaban J connectivity index is 1.79. The van der Waals surface area contributed by atoms with Gasteiger partial charge >= 0.3 is 0 Å². The zero-order valence-electron chi connectivity index (χ0n) is 12.6. The molecule has 0 spiro atoms. The summed E-state index contributed by atoms with van der Waals surface area (Å²) in [6.07, 6.45) is 1.60. The molecule has 3 aromatic rings. The zero-order chi connectivity index (χ0) is 15.5. The van der Waals surface area contributed by atoms with Crippen LogP contribution in [0.5, 0.6) is 0 Å². The van der Waals surface area contributed by atoms with E-state index in [0.29, 0.717) is 23.7 Å². The highest BCUT2D eigenvalue weighted by Gasteiger charge is 2.11. The van der Waals surface area contributed by atoms with E-state index in [2.05, 4.69) is 15.3 Å². The number of carbonyl (C=O) groups excluding carboxylic acids is 1. The first kappa shape index (κ1) is 14.3. The molecule has 0 aliphatic heterocycles. The van der Waals surface area contributed by atoms with Crippen molar-refractivity contribution in [3.63, 3.8) is 0 Å². The van der Waals surface area contributed by atoms with Crippen molar-refractivity contribution >= 4 is 16.9 Å². The molecule has 114 valence electrons. The van der Waals surface area contributed by atoms with Gasteiger partial charge in [0.05, 0.1) is 17.3 Å². The number of likely N-dealkylation sites (N-methyl/N-ethyl adjacent to an activating group) is 1. The molecule has 0 radical (unpaired) electrons. The largest absolute Gasteiger partial charge is 0.461 e. The molecule has 0 fully saturated rings. The summed E-state index contributed by atoms with van der Waals surface area (Å²) in [5.41, 5.74) is 2.23. The Hall–Kier alpha value is -2.60. The summed E-state index contributed by atoms with van der Waals surface area (Å²) in [4.78, 5) is 21.8. The van der Waals surface area contributed by atoms with Gasteiger partial charge in [-0.25, -0.2) is 4.98 Å². The minimum atomic E-state index is -0.0853. The number of carbonyl (C=O) groups is 1. The van der Waals surface area contributed by atoms with Gasteiger partial charge in [0.25, 0.3) is 5.91 Å². The number of imidazole rings is 1. The van der Waals surface area contributed by atoms with Crippen molar-refractivity contribution in [2.75, 3.05) is 27.2 Å². The summed E-state index contributed by atoms with van der Waals surface area (Å²) in [7, 11) is 3.94. The normalized spacial score (nSPS) is 11.2. The number of hydrogen-bond donors (Lipinski definition) is 2. The topological polar surface area (TPSA) is 74.2 Å². The van der Waals surface area contributed by atoms with Crippen LogP contribution in [-0.2, 0) is 0 Å². The molecule has 6 heteroatoms. The van der Waals surface area contributed by atoms with Crippen LogP contribution in [0.1, 0.15) is 10.4 Å². The lowest BCUT2D eigenvalue weighted by Gasteiger charge is -2.10. The van der Waals surface area contributed by atoms with Crippen LogP contribution in [0.2, 0.25) is 0 Å². The number of aromatic amines is 1. The van der Waals surface area contributed by atoms with Gasteiger partial charge in [-0.3, -0.25) is 4.79 Å². The van der Waals surface area contributed by atoms with E-state index in [4.69, 9.17) is 4.42 Å². The molecule has 0 saturated carbocycles. The van der Waals surface area contributed by atoms with Crippen molar-refractivity contribution < 1.29 is 9.21 Å². The fraction of sp³-hybridized carbons (Fsp3) is 0.250. The number of nitrogens with one attached hydrogen (secondary N) is 2. The van der Waals surface area contributed by atoms with Crippen molar-refractivity contribution in [2.45, 2.75) is 0 Å². The van der Waals surface area contributed by atoms with Gasteiger partial charge in [0.1, 0.15) is 0 Å². The minimum absolute atomic E-state index is 0.0853. The number of fused-ring (bicyclic) bond motifs is 1. The second-order valence-corrected chi connectivity index (χ2v) is 5.35. The molecule has 0 aliphatic carbocycles. The average Bonchev–Trinajstić information content (AvgIpc) is 3.14. The fourth-order valence-corrected chi connectivity index (χ4v) is 2.18. The quantitative estimate of drug-likeness (QED) is 0.756. The van der Waals surface area contributed by atoms with Gasteiger partial charge in [-0.05, 0) is 44.4 Å². The number of hydrogen-bond acceptors (Lipinski definition) is 4. The molecule has 0 atom stereocenters. The predicted molar refractivity (Wildman–Crippen MR) is 84.7 cm³/mol. The molecular weight excluding hydrogens is 280 g/mol. The molecule has 3 rings (SSSR count). The second-order valence-electron chi connectivity index (χ2n) is 5.35. The van der Waals surface area contributed by atoms with Crippen LogP contribution in [0.15, 0.2) is 41.0 Å². The lowest BCUT2D eigenvalue weighted by atomic mass is 10.2. The first-order valence-corrected chi connectivity index (χ1v) is 7.10. The van der Waals surface area contributed by atoms with E-state index in [1.54, 1.807) is 18.4 Å². The van der Waals surface area contributed by atoms with Crippen LogP contribution in [0.4, 0.5) is 0 Å². The van der Waals surface area contributed by atoms with Crippen LogP contribution >= 0.6 is 0 Å². The highest BCUT2D eigenvalue weighted by atomic mass is 16.3. The molecule has 0 saturated heterocycles. The maximum atomic E-state index is 12.1. The van der Waals surface area contributed by atoms with E-state index in [-0.39, 0.29) is 5.91 Å². The Labute approximate surface area is 128 Å². The number of furan rings is 1. The predicted octanol–water partition coefficient (Wildman–Crippen LogP) is 2.11. The van der Waals surface area contributed by atoms with Crippen LogP contribution in [-0.4, -0.2) is 48.0 Å². The molecule has 22 heavy (non-hydrogen) atoms. The SMILES string of the molecule is CN(C)CCNC(=O)c1ccc2nc(-c3ccco3)[nH]c2c1. The summed E-state index contributed by atoms with van der Waals surface area (Å²) in [6, 6.07) is 9.07. The van der Waals surface area contributed by atoms with E-state index in [1.165, 1.54) is 0 Å². The lowest BCUT2D eigenvalue weighted by Crippen LogP contribution is -2.31. The Kier molecular flexibility index (Phi) is 3.93. The summed E-state index contributed by atoms with van der Waals surface area (Å²) in [5, 5.41) is 2.90. The Morgan fingerprint density at radius 2 is 2.23 bits per heavy atom. The number of aromatic nitrogens is 2. The average molecular weight is 298 g/mol. The maximum Gasteiger partial charge on any atom is 0.251 e. The van der Waals surface area contributed by atoms with E-state index < -0.39 is 0 Å². The second kappa shape index (κ2) is 6.03. The number of benzene rings is 1. The van der Waals surface area contributed by atoms with Gasteiger partial charge < -0.3 is 19.6 Å². The van der Waals surface area contributed by atoms with Gasteiger partial charge in [0, 0.05) is 18.7 Å². The third kappa shape index (κ3) is 3.01. The molecule has 2 heterocycles. The first-order valence-electron chi connectivity index (χ1n) is 7.10. The lowest BCUT2D eigenvalue weighted by molar-refractivity contribution is 0.0951. The number of amides is 1. The van der Waals surface area contributed by atoms with Crippen LogP contribution in [0.25, 0.3) is 22.6 Å². The van der Waals surface area contributed by atoms with Crippen LogP contribution in [0, 0.1) is 0 Å². The molecule has 0 aliphatic rings. The van der Waals surface area contributed by atoms with Crippen molar-refractivity contribution in [1.82, 2.24) is 20.2 Å². The van der Waals surface area contributed by atoms with Crippen LogP contribution < -0.4 is 5.32 Å². The number of rotatable bonds is 5. The summed E-state index contributed by atoms with van der Waals surface area (Å²) >= 11 is 0. The summed E-state index contributed by atoms with van der Waals surface area (Å²) in [5.74, 6) is 1.25. The standard InChI is InChI=1S/C16H18N4O2/c1-20(2)8-7-17-16(21)11-5-6-12-13(10-11)19-15(18-12)14-4-3-9-22-14/h3-6,9-10H,7-8H2,1-2H3,(H,17,21)(H,18,19). The van der Waals surface area contributed by atoms with Crippen molar-refractivity contribution in [2.24, 2.45) is 0 Å². The van der Waals surface area contributed by atoms with Crippen LogP contribution in [0.3, 0.4) is 0 Å². The first-order chi connectivity index (χ1) is 10.6.